The van der Waals surface area contributed by atoms with Crippen molar-refractivity contribution in [2.24, 2.45) is 0 Å². The van der Waals surface area contributed by atoms with Crippen LogP contribution < -0.4 is 0 Å². The number of benzene rings is 1. The summed E-state index contributed by atoms with van der Waals surface area (Å²) in [6.07, 6.45) is -4.41. The van der Waals surface area contributed by atoms with Crippen LogP contribution in [0.25, 0.3) is 0 Å². The monoisotopic (exact) mass is 310 g/mol. The van der Waals surface area contributed by atoms with Gasteiger partial charge in [-0.2, -0.15) is 13.2 Å². The van der Waals surface area contributed by atoms with Gasteiger partial charge in [0.1, 0.15) is 0 Å². The van der Waals surface area contributed by atoms with Gasteiger partial charge in [-0.25, -0.2) is 0 Å². The number of hydrogen-bond donors (Lipinski definition) is 2. The molecule has 0 radical (unpaired) electrons. The topological polar surface area (TPSA) is 57.5 Å². The van der Waals surface area contributed by atoms with Crippen LogP contribution in [-0.4, -0.2) is 9.79 Å². The second-order valence-corrected chi connectivity index (χ2v) is 6.75. The molecule has 0 saturated carbocycles. The molecule has 0 fully saturated rings. The lowest BCUT2D eigenvalue weighted by Crippen LogP contribution is -2.25. The molecule has 0 aliphatic heterocycles. The Morgan fingerprint density at radius 3 is 2.00 bits per heavy atom. The molecular weight excluding hydrogens is 292 g/mol. The van der Waals surface area contributed by atoms with E-state index >= 15 is 0 Å². The fraction of sp³-hybridized carbons (Fsp3) is 0.538. The van der Waals surface area contributed by atoms with Gasteiger partial charge in [0.2, 0.25) is 0 Å². The first-order chi connectivity index (χ1) is 8.99. The lowest BCUT2D eigenvalue weighted by molar-refractivity contribution is -0.138. The lowest BCUT2D eigenvalue weighted by Gasteiger charge is -2.33. The molecule has 0 aliphatic carbocycles. The van der Waals surface area contributed by atoms with Crippen LogP contribution >= 0.6 is 7.60 Å². The number of hydrogen-bond acceptors (Lipinski definition) is 1. The zero-order valence-electron chi connectivity index (χ0n) is 11.5. The maximum absolute atomic E-state index is 12.9. The molecule has 0 spiro atoms. The lowest BCUT2D eigenvalue weighted by atomic mass is 9.90. The first-order valence-corrected chi connectivity index (χ1v) is 7.84. The Kier molecular flexibility index (Phi) is 4.74. The van der Waals surface area contributed by atoms with Gasteiger partial charge in [-0.3, -0.25) is 4.57 Å². The van der Waals surface area contributed by atoms with Crippen LogP contribution in [0.15, 0.2) is 18.2 Å². The third-order valence-electron chi connectivity index (χ3n) is 3.81. The van der Waals surface area contributed by atoms with Crippen molar-refractivity contribution < 1.29 is 27.5 Å². The average molecular weight is 310 g/mol. The summed E-state index contributed by atoms with van der Waals surface area (Å²) in [6, 6.07) is 3.49. The highest BCUT2D eigenvalue weighted by atomic mass is 31.2. The summed E-state index contributed by atoms with van der Waals surface area (Å²) in [5.41, 5.74) is -0.781. The molecule has 20 heavy (non-hydrogen) atoms. The Hall–Kier alpha value is -0.840. The minimum Gasteiger partial charge on any atom is -0.324 e. The van der Waals surface area contributed by atoms with E-state index in [0.717, 1.165) is 6.07 Å². The highest BCUT2D eigenvalue weighted by molar-refractivity contribution is 7.53. The molecule has 1 rings (SSSR count). The third-order valence-corrected chi connectivity index (χ3v) is 5.81. The van der Waals surface area contributed by atoms with Gasteiger partial charge >= 0.3 is 13.8 Å². The number of rotatable bonds is 4. The van der Waals surface area contributed by atoms with E-state index in [1.807, 2.05) is 0 Å². The van der Waals surface area contributed by atoms with Crippen LogP contribution in [0.5, 0.6) is 0 Å². The van der Waals surface area contributed by atoms with E-state index in [9.17, 15) is 27.5 Å². The zero-order valence-corrected chi connectivity index (χ0v) is 12.4. The molecule has 2 N–H and O–H groups in total. The van der Waals surface area contributed by atoms with Crippen molar-refractivity contribution in [1.82, 2.24) is 0 Å². The Labute approximate surface area is 116 Å². The Morgan fingerprint density at radius 2 is 1.65 bits per heavy atom. The summed E-state index contributed by atoms with van der Waals surface area (Å²) in [5.74, 6) is 0. The summed E-state index contributed by atoms with van der Waals surface area (Å²) in [4.78, 5) is 19.1. The maximum atomic E-state index is 12.9. The van der Waals surface area contributed by atoms with E-state index in [1.54, 1.807) is 13.8 Å². The number of alkyl halides is 3. The molecule has 114 valence electrons. The molecule has 0 bridgehead atoms. The van der Waals surface area contributed by atoms with Gasteiger partial charge in [0.25, 0.3) is 0 Å². The van der Waals surface area contributed by atoms with Crippen LogP contribution in [0.2, 0.25) is 0 Å². The van der Waals surface area contributed by atoms with E-state index < -0.39 is 24.5 Å². The molecule has 0 heterocycles. The van der Waals surface area contributed by atoms with E-state index in [0.29, 0.717) is 0 Å². The highest BCUT2D eigenvalue weighted by Gasteiger charge is 2.46. The minimum atomic E-state index is -4.58. The molecule has 0 amide bonds. The van der Waals surface area contributed by atoms with Crippen molar-refractivity contribution >= 4 is 7.60 Å². The van der Waals surface area contributed by atoms with Crippen molar-refractivity contribution in [3.05, 3.63) is 34.9 Å². The van der Waals surface area contributed by atoms with Crippen molar-refractivity contribution in [1.29, 1.82) is 0 Å². The summed E-state index contributed by atoms with van der Waals surface area (Å²) < 4.78 is 50.6. The van der Waals surface area contributed by atoms with Gasteiger partial charge in [0.15, 0.2) is 0 Å². The van der Waals surface area contributed by atoms with Gasteiger partial charge in [0.05, 0.1) is 10.7 Å². The quantitative estimate of drug-likeness (QED) is 0.819. The molecule has 0 saturated heterocycles. The van der Waals surface area contributed by atoms with Crippen molar-refractivity contribution in [3.8, 4) is 0 Å². The smallest absolute Gasteiger partial charge is 0.324 e. The van der Waals surface area contributed by atoms with Crippen molar-refractivity contribution in [3.63, 3.8) is 0 Å². The largest absolute Gasteiger partial charge is 0.416 e. The second-order valence-electron chi connectivity index (χ2n) is 4.81. The van der Waals surface area contributed by atoms with E-state index in [4.69, 9.17) is 0 Å². The normalized spacial score (nSPS) is 13.6. The summed E-state index contributed by atoms with van der Waals surface area (Å²) in [5, 5.41) is -1.57. The summed E-state index contributed by atoms with van der Waals surface area (Å²) >= 11 is 0. The zero-order chi connectivity index (χ0) is 15.8. The average Bonchev–Trinajstić information content (AvgIpc) is 2.29. The molecule has 0 aliphatic rings. The molecule has 0 unspecified atom stereocenters. The predicted octanol–water partition coefficient (Wildman–Crippen LogP) is 4.21. The van der Waals surface area contributed by atoms with Crippen LogP contribution in [0.1, 0.15) is 43.4 Å². The van der Waals surface area contributed by atoms with E-state index in [-0.39, 0.29) is 24.0 Å². The van der Waals surface area contributed by atoms with Crippen molar-refractivity contribution in [2.45, 2.75) is 44.9 Å². The van der Waals surface area contributed by atoms with Gasteiger partial charge in [-0.15, -0.1) is 0 Å². The molecular formula is C13H18F3O3P. The molecule has 1 aromatic rings. The van der Waals surface area contributed by atoms with E-state index in [2.05, 4.69) is 0 Å². The van der Waals surface area contributed by atoms with Gasteiger partial charge in [-0.1, -0.05) is 26.0 Å². The second kappa shape index (κ2) is 5.51. The van der Waals surface area contributed by atoms with Gasteiger partial charge < -0.3 is 9.79 Å². The minimum absolute atomic E-state index is 0.0352. The van der Waals surface area contributed by atoms with Gasteiger partial charge in [-0.05, 0) is 37.0 Å². The Balaban J connectivity index is 3.57. The maximum Gasteiger partial charge on any atom is 0.416 e. The molecule has 0 atom stereocenters. The Morgan fingerprint density at radius 1 is 1.15 bits per heavy atom. The first kappa shape index (κ1) is 17.2. The standard InChI is InChI=1S/C13H18F3O3P/c1-4-12(5-2,20(17,18)19)10-7-6-9(3)11(8-10)13(14,15)16/h6-8H,4-5H2,1-3H3,(H2,17,18,19). The first-order valence-electron chi connectivity index (χ1n) is 6.23. The van der Waals surface area contributed by atoms with E-state index in [1.165, 1.54) is 19.1 Å². The summed E-state index contributed by atoms with van der Waals surface area (Å²) in [7, 11) is -4.58. The molecule has 0 aromatic heterocycles. The fourth-order valence-electron chi connectivity index (χ4n) is 2.46. The van der Waals surface area contributed by atoms with Gasteiger partial charge in [0, 0.05) is 0 Å². The number of aryl methyl sites for hydroxylation is 1. The van der Waals surface area contributed by atoms with Crippen LogP contribution in [-0.2, 0) is 15.9 Å². The van der Waals surface area contributed by atoms with Crippen LogP contribution in [0.4, 0.5) is 13.2 Å². The van der Waals surface area contributed by atoms with Crippen LogP contribution in [0, 0.1) is 6.92 Å². The fourth-order valence-corrected chi connectivity index (χ4v) is 3.75. The SMILES string of the molecule is CCC(CC)(c1ccc(C)c(C(F)(F)F)c1)P(=O)(O)O. The third kappa shape index (κ3) is 2.92. The number of halogens is 3. The highest BCUT2D eigenvalue weighted by Crippen LogP contribution is 2.61. The molecule has 7 heteroatoms. The van der Waals surface area contributed by atoms with Crippen LogP contribution in [0.3, 0.4) is 0 Å². The molecule has 1 aromatic carbocycles. The Bertz CT molecular complexity index is 530. The molecule has 3 nitrogen and oxygen atoms in total. The predicted molar refractivity (Wildman–Crippen MR) is 70.5 cm³/mol. The summed E-state index contributed by atoms with van der Waals surface area (Å²) in [6.45, 7) is 4.45. The van der Waals surface area contributed by atoms with Crippen molar-refractivity contribution in [2.75, 3.05) is 0 Å².